The van der Waals surface area contributed by atoms with E-state index in [0.29, 0.717) is 5.92 Å². The summed E-state index contributed by atoms with van der Waals surface area (Å²) in [6.45, 7) is 43.7. The maximum Gasteiger partial charge on any atom is -0.0149 e. The minimum Gasteiger partial charge on any atom is -0.0955 e. The number of hydrogen-bond donors (Lipinski definition) is 0. The van der Waals surface area contributed by atoms with Crippen molar-refractivity contribution in [2.45, 2.75) is 131 Å². The maximum atomic E-state index is 4.17. The molecule has 0 aromatic heterocycles. The first-order valence-electron chi connectivity index (χ1n) is 15.8. The van der Waals surface area contributed by atoms with Crippen molar-refractivity contribution in [2.75, 3.05) is 0 Å². The summed E-state index contributed by atoms with van der Waals surface area (Å²) in [7, 11) is 0. The van der Waals surface area contributed by atoms with Crippen LogP contribution in [-0.4, -0.2) is 0 Å². The third kappa shape index (κ3) is 17.9. The van der Waals surface area contributed by atoms with Crippen molar-refractivity contribution in [2.24, 2.45) is 5.92 Å². The number of hydrogen-bond acceptors (Lipinski definition) is 0. The number of rotatable bonds is 6. The Morgan fingerprint density at radius 3 is 1.65 bits per heavy atom. The van der Waals surface area contributed by atoms with Crippen LogP contribution in [-0.2, 0) is 6.42 Å². The van der Waals surface area contributed by atoms with Gasteiger partial charge in [0.05, 0.1) is 0 Å². The second-order valence-electron chi connectivity index (χ2n) is 9.53. The molecule has 0 nitrogen and oxygen atoms in total. The Balaban J connectivity index is -0.000000300. The van der Waals surface area contributed by atoms with Crippen LogP contribution in [0.2, 0.25) is 0 Å². The first-order chi connectivity index (χ1) is 18.9. The van der Waals surface area contributed by atoms with Crippen molar-refractivity contribution in [3.8, 4) is 11.1 Å². The van der Waals surface area contributed by atoms with Gasteiger partial charge in [-0.1, -0.05) is 161 Å². The highest BCUT2D eigenvalue weighted by Gasteiger charge is 2.12. The fraction of sp³-hybridized carbons (Fsp3) is 0.500. The standard InChI is InChI=1S/C22H26.C9H16.C3H8.3C2H6/c1-8-19-13-15(4)9-10-22(19)21-12-11-20(16(5)14(2)3)17(6)18(21)7;1-5-9(4)7-6-8(2)3;1-3-2;3*1-2/h9-13H,2,5,8H2,1,3-4,6-7H3;5-8H,1-4H3;3H2,1-2H3;3*1-2H3/b;7-6-,9-5+;;;;. The monoisotopic (exact) mass is 549 g/mol. The fourth-order valence-electron chi connectivity index (χ4n) is 3.39. The van der Waals surface area contributed by atoms with E-state index in [9.17, 15) is 0 Å². The third-order valence-corrected chi connectivity index (χ3v) is 5.76. The van der Waals surface area contributed by atoms with Gasteiger partial charge in [0.1, 0.15) is 0 Å². The molecule has 0 unspecified atom stereocenters. The quantitative estimate of drug-likeness (QED) is 0.315. The molecule has 40 heavy (non-hydrogen) atoms. The van der Waals surface area contributed by atoms with Crippen LogP contribution in [0.15, 0.2) is 72.9 Å². The molecule has 2 aromatic rings. The second kappa shape index (κ2) is 27.9. The highest BCUT2D eigenvalue weighted by atomic mass is 14.2. The van der Waals surface area contributed by atoms with Gasteiger partial charge in [0, 0.05) is 0 Å². The smallest absolute Gasteiger partial charge is 0.0149 e. The van der Waals surface area contributed by atoms with Crippen LogP contribution in [0.1, 0.15) is 131 Å². The van der Waals surface area contributed by atoms with Crippen molar-refractivity contribution in [3.05, 3.63) is 101 Å². The predicted octanol–water partition coefficient (Wildman–Crippen LogP) is 14.1. The molecule has 0 aliphatic heterocycles. The Kier molecular flexibility index (Phi) is 31.0. The molecule has 0 radical (unpaired) electrons. The summed E-state index contributed by atoms with van der Waals surface area (Å²) >= 11 is 0. The molecule has 0 saturated carbocycles. The van der Waals surface area contributed by atoms with Gasteiger partial charge in [0.15, 0.2) is 0 Å². The molecule has 0 atom stereocenters. The minimum atomic E-state index is 0.667. The van der Waals surface area contributed by atoms with E-state index in [0.717, 1.165) is 17.6 Å². The van der Waals surface area contributed by atoms with Gasteiger partial charge in [0.25, 0.3) is 0 Å². The SMILES string of the molecule is C/C=C(C)/C=C\C(C)C.C=C(C)C(=C)c1ccc(-c2ccc(C)cc2CC)c(C)c1C.CC.CC.CC.CCC. The van der Waals surface area contributed by atoms with Gasteiger partial charge < -0.3 is 0 Å². The van der Waals surface area contributed by atoms with E-state index >= 15 is 0 Å². The van der Waals surface area contributed by atoms with Crippen molar-refractivity contribution >= 4 is 5.57 Å². The summed E-state index contributed by atoms with van der Waals surface area (Å²) in [5.74, 6) is 0.667. The fourth-order valence-corrected chi connectivity index (χ4v) is 3.39. The molecule has 2 aromatic carbocycles. The van der Waals surface area contributed by atoms with Crippen molar-refractivity contribution < 1.29 is 0 Å². The van der Waals surface area contributed by atoms with Crippen LogP contribution in [0, 0.1) is 26.7 Å². The lowest BCUT2D eigenvalue weighted by atomic mass is 9.87. The summed E-state index contributed by atoms with van der Waals surface area (Å²) in [6.07, 6.45) is 8.77. The third-order valence-electron chi connectivity index (χ3n) is 5.76. The summed E-state index contributed by atoms with van der Waals surface area (Å²) < 4.78 is 0. The molecule has 0 aliphatic carbocycles. The van der Waals surface area contributed by atoms with Crippen LogP contribution < -0.4 is 0 Å². The normalized spacial score (nSPS) is 9.80. The Bertz CT molecular complexity index is 993. The number of benzene rings is 2. The molecule has 0 saturated heterocycles. The second-order valence-corrected chi connectivity index (χ2v) is 9.53. The molecule has 2 rings (SSSR count). The molecule has 0 amide bonds. The highest BCUT2D eigenvalue weighted by molar-refractivity contribution is 5.82. The Hall–Kier alpha value is -2.60. The van der Waals surface area contributed by atoms with Gasteiger partial charge in [-0.25, -0.2) is 0 Å². The summed E-state index contributed by atoms with van der Waals surface area (Å²) in [6, 6.07) is 11.2. The molecule has 0 N–H and O–H groups in total. The summed E-state index contributed by atoms with van der Waals surface area (Å²) in [4.78, 5) is 0. The molecule has 0 aliphatic rings. The van der Waals surface area contributed by atoms with Crippen LogP contribution in [0.5, 0.6) is 0 Å². The van der Waals surface area contributed by atoms with Crippen molar-refractivity contribution in [1.82, 2.24) is 0 Å². The molecule has 0 heteroatoms. The molecule has 0 fully saturated rings. The summed E-state index contributed by atoms with van der Waals surface area (Å²) in [5.41, 5.74) is 12.6. The van der Waals surface area contributed by atoms with E-state index in [1.807, 2.05) is 48.5 Å². The van der Waals surface area contributed by atoms with E-state index < -0.39 is 0 Å². The highest BCUT2D eigenvalue weighted by Crippen LogP contribution is 2.34. The van der Waals surface area contributed by atoms with Gasteiger partial charge in [-0.05, 0) is 92.8 Å². The zero-order valence-corrected chi connectivity index (χ0v) is 30.0. The molecule has 0 spiro atoms. The van der Waals surface area contributed by atoms with Crippen molar-refractivity contribution in [1.29, 1.82) is 0 Å². The van der Waals surface area contributed by atoms with Crippen molar-refractivity contribution in [3.63, 3.8) is 0 Å². The molecule has 0 heterocycles. The van der Waals surface area contributed by atoms with E-state index in [1.54, 1.807) is 0 Å². The lowest BCUT2D eigenvalue weighted by Crippen LogP contribution is -1.97. The van der Waals surface area contributed by atoms with Gasteiger partial charge in [-0.3, -0.25) is 0 Å². The summed E-state index contributed by atoms with van der Waals surface area (Å²) in [5, 5.41) is 0. The van der Waals surface area contributed by atoms with Gasteiger partial charge in [-0.2, -0.15) is 0 Å². The van der Waals surface area contributed by atoms with Crippen LogP contribution in [0.3, 0.4) is 0 Å². The topological polar surface area (TPSA) is 0 Å². The van der Waals surface area contributed by atoms with E-state index in [2.05, 4.69) is 131 Å². The Morgan fingerprint density at radius 2 is 1.25 bits per heavy atom. The Morgan fingerprint density at radius 1 is 0.775 bits per heavy atom. The zero-order valence-electron chi connectivity index (χ0n) is 30.0. The number of allylic oxidation sites excluding steroid dienone is 6. The largest absolute Gasteiger partial charge is 0.0955 e. The average molecular weight is 549 g/mol. The first kappa shape index (κ1) is 44.4. The predicted molar refractivity (Wildman–Crippen MR) is 193 cm³/mol. The lowest BCUT2D eigenvalue weighted by molar-refractivity contribution is 0.831. The molecular formula is C40H68. The number of aryl methyl sites for hydroxylation is 2. The minimum absolute atomic E-state index is 0.667. The van der Waals surface area contributed by atoms with E-state index in [1.165, 1.54) is 50.9 Å². The van der Waals surface area contributed by atoms with Gasteiger partial charge in [-0.15, -0.1) is 0 Å². The maximum absolute atomic E-state index is 4.17. The average Bonchev–Trinajstić information content (AvgIpc) is 2.96. The Labute approximate surface area is 253 Å². The zero-order chi connectivity index (χ0) is 32.4. The van der Waals surface area contributed by atoms with Gasteiger partial charge in [0.2, 0.25) is 0 Å². The van der Waals surface area contributed by atoms with E-state index in [-0.39, 0.29) is 0 Å². The molecular weight excluding hydrogens is 480 g/mol. The van der Waals surface area contributed by atoms with Crippen LogP contribution >= 0.6 is 0 Å². The molecule has 228 valence electrons. The lowest BCUT2D eigenvalue weighted by Gasteiger charge is -2.17. The van der Waals surface area contributed by atoms with Gasteiger partial charge >= 0.3 is 0 Å². The van der Waals surface area contributed by atoms with E-state index in [4.69, 9.17) is 0 Å². The van der Waals surface area contributed by atoms with Crippen LogP contribution in [0.25, 0.3) is 16.7 Å². The van der Waals surface area contributed by atoms with Crippen LogP contribution in [0.4, 0.5) is 0 Å². The molecule has 0 bridgehead atoms. The first-order valence-corrected chi connectivity index (χ1v) is 15.8.